The van der Waals surface area contributed by atoms with Crippen LogP contribution in [0.5, 0.6) is 0 Å². The topological polar surface area (TPSA) is 103 Å². The molecule has 0 N–H and O–H groups in total. The maximum atomic E-state index is 13.0. The molecule has 1 saturated heterocycles. The molecule has 1 fully saturated rings. The number of amides is 1. The fraction of sp³-hybridized carbons (Fsp3) is 0.588. The van der Waals surface area contributed by atoms with Gasteiger partial charge in [-0.1, -0.05) is 0 Å². The maximum Gasteiger partial charge on any atom is 0.343 e. The molecule has 1 aromatic heterocycles. The van der Waals surface area contributed by atoms with Crippen molar-refractivity contribution in [2.24, 2.45) is 0 Å². The van der Waals surface area contributed by atoms with Crippen molar-refractivity contribution < 1.29 is 22.7 Å². The van der Waals surface area contributed by atoms with Gasteiger partial charge in [0.1, 0.15) is 11.1 Å². The molecule has 1 aromatic rings. The van der Waals surface area contributed by atoms with Crippen LogP contribution in [-0.4, -0.2) is 61.0 Å². The first-order valence-electron chi connectivity index (χ1n) is 8.46. The highest BCUT2D eigenvalue weighted by Gasteiger charge is 2.35. The van der Waals surface area contributed by atoms with Gasteiger partial charge in [0.05, 0.1) is 18.6 Å². The summed E-state index contributed by atoms with van der Waals surface area (Å²) in [5.74, 6) is -1.47. The minimum atomic E-state index is -3.17. The van der Waals surface area contributed by atoms with Gasteiger partial charge >= 0.3 is 5.97 Å². The van der Waals surface area contributed by atoms with Crippen LogP contribution in [0, 0.1) is 0 Å². The first-order chi connectivity index (χ1) is 12.1. The third kappa shape index (κ3) is 3.98. The summed E-state index contributed by atoms with van der Waals surface area (Å²) in [5, 5.41) is 0. The lowest BCUT2D eigenvalue weighted by Crippen LogP contribution is -2.43. The molecule has 1 aliphatic heterocycles. The zero-order valence-electron chi connectivity index (χ0n) is 15.4. The van der Waals surface area contributed by atoms with E-state index in [1.54, 1.807) is 11.5 Å². The summed E-state index contributed by atoms with van der Waals surface area (Å²) in [6.45, 7) is 5.69. The average molecular weight is 384 g/mol. The number of nitrogens with zero attached hydrogens (tertiary/aromatic N) is 2. The maximum absolute atomic E-state index is 13.0. The van der Waals surface area contributed by atoms with E-state index in [0.717, 1.165) is 7.11 Å². The second kappa shape index (κ2) is 7.61. The van der Waals surface area contributed by atoms with E-state index in [9.17, 15) is 22.8 Å². The van der Waals surface area contributed by atoms with E-state index in [4.69, 9.17) is 0 Å². The Morgan fingerprint density at radius 2 is 1.92 bits per heavy atom. The van der Waals surface area contributed by atoms with Crippen molar-refractivity contribution in [1.29, 1.82) is 0 Å². The zero-order chi connectivity index (χ0) is 19.6. The largest absolute Gasteiger partial charge is 0.465 e. The summed E-state index contributed by atoms with van der Waals surface area (Å²) in [4.78, 5) is 39.0. The van der Waals surface area contributed by atoms with Crippen LogP contribution in [-0.2, 0) is 14.6 Å². The summed E-state index contributed by atoms with van der Waals surface area (Å²) >= 11 is 0. The van der Waals surface area contributed by atoms with Crippen molar-refractivity contribution in [3.63, 3.8) is 0 Å². The Kier molecular flexibility index (Phi) is 5.90. The highest BCUT2D eigenvalue weighted by molar-refractivity contribution is 7.91. The van der Waals surface area contributed by atoms with Crippen LogP contribution in [0.3, 0.4) is 0 Å². The minimum Gasteiger partial charge on any atom is -0.465 e. The van der Waals surface area contributed by atoms with Crippen LogP contribution in [0.2, 0.25) is 0 Å². The Morgan fingerprint density at radius 3 is 2.38 bits per heavy atom. The zero-order valence-corrected chi connectivity index (χ0v) is 16.2. The van der Waals surface area contributed by atoms with E-state index in [2.05, 4.69) is 4.74 Å². The van der Waals surface area contributed by atoms with Gasteiger partial charge in [-0.2, -0.15) is 0 Å². The SMILES string of the molecule is CCN(C(=O)c1cn(C(C)C)cc(C(=O)OC)c1=O)C1CCS(=O)(=O)C1. The Labute approximate surface area is 152 Å². The summed E-state index contributed by atoms with van der Waals surface area (Å²) in [6.07, 6.45) is 3.12. The monoisotopic (exact) mass is 384 g/mol. The van der Waals surface area contributed by atoms with Crippen LogP contribution in [0.15, 0.2) is 17.2 Å². The lowest BCUT2D eigenvalue weighted by molar-refractivity contribution is 0.0598. The predicted molar refractivity (Wildman–Crippen MR) is 96.2 cm³/mol. The lowest BCUT2D eigenvalue weighted by Gasteiger charge is -2.27. The summed E-state index contributed by atoms with van der Waals surface area (Å²) in [6, 6.07) is -0.557. The van der Waals surface area contributed by atoms with Crippen LogP contribution in [0.25, 0.3) is 0 Å². The molecule has 0 aromatic carbocycles. The molecule has 0 radical (unpaired) electrons. The second-order valence-electron chi connectivity index (χ2n) is 6.60. The number of hydrogen-bond donors (Lipinski definition) is 0. The third-order valence-electron chi connectivity index (χ3n) is 4.53. The number of esters is 1. The lowest BCUT2D eigenvalue weighted by atomic mass is 10.1. The van der Waals surface area contributed by atoms with Crippen molar-refractivity contribution in [3.05, 3.63) is 33.7 Å². The van der Waals surface area contributed by atoms with Gasteiger partial charge in [-0.15, -0.1) is 0 Å². The fourth-order valence-electron chi connectivity index (χ4n) is 3.05. The van der Waals surface area contributed by atoms with E-state index >= 15 is 0 Å². The van der Waals surface area contributed by atoms with Crippen molar-refractivity contribution >= 4 is 21.7 Å². The normalized spacial score (nSPS) is 18.7. The van der Waals surface area contributed by atoms with Crippen LogP contribution in [0.1, 0.15) is 53.9 Å². The molecule has 1 aliphatic rings. The molecule has 26 heavy (non-hydrogen) atoms. The van der Waals surface area contributed by atoms with E-state index < -0.39 is 33.2 Å². The number of carbonyl (C=O) groups excluding carboxylic acids is 2. The molecule has 2 rings (SSSR count). The van der Waals surface area contributed by atoms with Gasteiger partial charge < -0.3 is 14.2 Å². The highest BCUT2D eigenvalue weighted by atomic mass is 32.2. The van der Waals surface area contributed by atoms with Crippen LogP contribution in [0.4, 0.5) is 0 Å². The molecule has 9 heteroatoms. The summed E-state index contributed by atoms with van der Waals surface area (Å²) in [5.41, 5.74) is -1.09. The van der Waals surface area contributed by atoms with E-state index in [1.807, 2.05) is 13.8 Å². The fourth-order valence-corrected chi connectivity index (χ4v) is 4.78. The van der Waals surface area contributed by atoms with Crippen molar-refractivity contribution in [1.82, 2.24) is 9.47 Å². The number of sulfone groups is 1. The van der Waals surface area contributed by atoms with Gasteiger partial charge in [0, 0.05) is 31.0 Å². The highest BCUT2D eigenvalue weighted by Crippen LogP contribution is 2.20. The first kappa shape index (κ1) is 20.2. The number of rotatable bonds is 5. The van der Waals surface area contributed by atoms with Gasteiger partial charge in [-0.05, 0) is 27.2 Å². The molecule has 0 bridgehead atoms. The van der Waals surface area contributed by atoms with Gasteiger partial charge in [-0.3, -0.25) is 9.59 Å². The molecular formula is C17H24N2O6S. The Hall–Kier alpha value is -2.16. The van der Waals surface area contributed by atoms with Gasteiger partial charge in [0.15, 0.2) is 9.84 Å². The molecule has 0 saturated carbocycles. The number of hydrogen-bond acceptors (Lipinski definition) is 6. The standard InChI is InChI=1S/C17H24N2O6S/c1-5-19(12-6-7-26(23,24)10-12)16(21)13-8-18(11(2)3)9-14(15(13)20)17(22)25-4/h8-9,11-12H,5-7,10H2,1-4H3. The number of aromatic nitrogens is 1. The number of carbonyl (C=O) groups is 2. The smallest absolute Gasteiger partial charge is 0.343 e. The van der Waals surface area contributed by atoms with Crippen molar-refractivity contribution in [3.8, 4) is 0 Å². The van der Waals surface area contributed by atoms with Gasteiger partial charge in [0.2, 0.25) is 5.43 Å². The Balaban J connectivity index is 2.51. The van der Waals surface area contributed by atoms with Crippen molar-refractivity contribution in [2.45, 2.75) is 39.3 Å². The molecule has 8 nitrogen and oxygen atoms in total. The number of ether oxygens (including phenoxy) is 1. The third-order valence-corrected chi connectivity index (χ3v) is 6.28. The molecule has 1 amide bonds. The van der Waals surface area contributed by atoms with Gasteiger partial charge in [0.25, 0.3) is 5.91 Å². The Morgan fingerprint density at radius 1 is 1.31 bits per heavy atom. The number of pyridine rings is 1. The first-order valence-corrected chi connectivity index (χ1v) is 10.3. The molecule has 2 heterocycles. The molecule has 1 atom stereocenters. The van der Waals surface area contributed by atoms with Crippen LogP contribution >= 0.6 is 0 Å². The predicted octanol–water partition coefficient (Wildman–Crippen LogP) is 0.865. The molecule has 1 unspecified atom stereocenters. The van der Waals surface area contributed by atoms with E-state index in [1.165, 1.54) is 17.3 Å². The van der Waals surface area contributed by atoms with E-state index in [-0.39, 0.29) is 35.2 Å². The summed E-state index contributed by atoms with van der Waals surface area (Å²) < 4.78 is 29.7. The molecule has 0 spiro atoms. The van der Waals surface area contributed by atoms with Crippen LogP contribution < -0.4 is 5.43 Å². The molecular weight excluding hydrogens is 360 g/mol. The van der Waals surface area contributed by atoms with Gasteiger partial charge in [-0.25, -0.2) is 13.2 Å². The van der Waals surface area contributed by atoms with Crippen molar-refractivity contribution in [2.75, 3.05) is 25.2 Å². The average Bonchev–Trinajstić information content (AvgIpc) is 2.94. The molecule has 144 valence electrons. The number of methoxy groups -OCH3 is 1. The second-order valence-corrected chi connectivity index (χ2v) is 8.82. The minimum absolute atomic E-state index is 0.0277. The molecule has 0 aliphatic carbocycles. The Bertz CT molecular complexity index is 872. The quantitative estimate of drug-likeness (QED) is 0.698. The van der Waals surface area contributed by atoms with E-state index in [0.29, 0.717) is 6.42 Å². The summed E-state index contributed by atoms with van der Waals surface area (Å²) in [7, 11) is -2.01.